The quantitative estimate of drug-likeness (QED) is 0.873. The molecule has 1 aliphatic rings. The van der Waals surface area contributed by atoms with Gasteiger partial charge in [0.1, 0.15) is 0 Å². The van der Waals surface area contributed by atoms with E-state index in [1.807, 2.05) is 18.2 Å². The summed E-state index contributed by atoms with van der Waals surface area (Å²) in [6, 6.07) is 15.0. The van der Waals surface area contributed by atoms with E-state index in [-0.39, 0.29) is 11.8 Å². The highest BCUT2D eigenvalue weighted by Crippen LogP contribution is 2.32. The SMILES string of the molecule is CCC(=O)Nc1ccc(S(=O)(=O)N2CCC(c3ccccc3)C2)c(C)c1. The van der Waals surface area contributed by atoms with Crippen LogP contribution in [0.5, 0.6) is 0 Å². The van der Waals surface area contributed by atoms with Crippen LogP contribution in [0.3, 0.4) is 0 Å². The second kappa shape index (κ2) is 7.60. The third kappa shape index (κ3) is 3.81. The van der Waals surface area contributed by atoms with Crippen LogP contribution in [-0.4, -0.2) is 31.7 Å². The van der Waals surface area contributed by atoms with Crippen LogP contribution < -0.4 is 5.32 Å². The highest BCUT2D eigenvalue weighted by atomic mass is 32.2. The zero-order valence-electron chi connectivity index (χ0n) is 15.1. The first-order valence-corrected chi connectivity index (χ1v) is 10.3. The molecule has 0 bridgehead atoms. The Hall–Kier alpha value is -2.18. The lowest BCUT2D eigenvalue weighted by atomic mass is 9.99. The Morgan fingerprint density at radius 2 is 1.92 bits per heavy atom. The second-order valence-electron chi connectivity index (χ2n) is 6.64. The van der Waals surface area contributed by atoms with Gasteiger partial charge in [0.15, 0.2) is 0 Å². The third-order valence-corrected chi connectivity index (χ3v) is 6.84. The lowest BCUT2D eigenvalue weighted by Crippen LogP contribution is -2.29. The summed E-state index contributed by atoms with van der Waals surface area (Å²) in [5.74, 6) is 0.139. The van der Waals surface area contributed by atoms with Gasteiger partial charge in [-0.05, 0) is 48.6 Å². The number of carbonyl (C=O) groups is 1. The Balaban J connectivity index is 1.79. The molecular weight excluding hydrogens is 348 g/mol. The highest BCUT2D eigenvalue weighted by molar-refractivity contribution is 7.89. The number of hydrogen-bond acceptors (Lipinski definition) is 3. The van der Waals surface area contributed by atoms with Crippen LogP contribution in [0.4, 0.5) is 5.69 Å². The van der Waals surface area contributed by atoms with Crippen molar-refractivity contribution in [2.45, 2.75) is 37.5 Å². The van der Waals surface area contributed by atoms with Gasteiger partial charge in [-0.3, -0.25) is 4.79 Å². The standard InChI is InChI=1S/C20H24N2O3S/c1-3-20(23)21-18-9-10-19(15(2)13-18)26(24,25)22-12-11-17(14-22)16-7-5-4-6-8-16/h4-10,13,17H,3,11-12,14H2,1-2H3,(H,21,23). The molecule has 0 saturated carbocycles. The molecule has 138 valence electrons. The van der Waals surface area contributed by atoms with Crippen LogP contribution in [0.25, 0.3) is 0 Å². The van der Waals surface area contributed by atoms with Gasteiger partial charge in [-0.1, -0.05) is 37.3 Å². The summed E-state index contributed by atoms with van der Waals surface area (Å²) in [5, 5.41) is 2.76. The number of benzene rings is 2. The molecule has 2 aromatic rings. The fraction of sp³-hybridized carbons (Fsp3) is 0.350. The van der Waals surface area contributed by atoms with Gasteiger partial charge in [-0.15, -0.1) is 0 Å². The Kier molecular flexibility index (Phi) is 5.44. The molecule has 1 aliphatic heterocycles. The minimum absolute atomic E-state index is 0.0924. The van der Waals surface area contributed by atoms with Gasteiger partial charge in [-0.25, -0.2) is 8.42 Å². The lowest BCUT2D eigenvalue weighted by Gasteiger charge is -2.19. The number of rotatable bonds is 5. The number of amides is 1. The largest absolute Gasteiger partial charge is 0.326 e. The van der Waals surface area contributed by atoms with E-state index in [2.05, 4.69) is 17.4 Å². The van der Waals surface area contributed by atoms with E-state index < -0.39 is 10.0 Å². The number of carbonyl (C=O) groups excluding carboxylic acids is 1. The Morgan fingerprint density at radius 3 is 2.58 bits per heavy atom. The summed E-state index contributed by atoms with van der Waals surface area (Å²) in [6.45, 7) is 4.56. The molecule has 2 aromatic carbocycles. The smallest absolute Gasteiger partial charge is 0.243 e. The first kappa shape index (κ1) is 18.6. The monoisotopic (exact) mass is 372 g/mol. The number of aryl methyl sites for hydroxylation is 1. The van der Waals surface area contributed by atoms with E-state index in [1.165, 1.54) is 5.56 Å². The van der Waals surface area contributed by atoms with Crippen molar-refractivity contribution in [3.8, 4) is 0 Å². The molecule has 1 amide bonds. The molecule has 0 aliphatic carbocycles. The summed E-state index contributed by atoms with van der Waals surface area (Å²) in [6.07, 6.45) is 1.21. The minimum Gasteiger partial charge on any atom is -0.326 e. The van der Waals surface area contributed by atoms with Crippen LogP contribution >= 0.6 is 0 Å². The van der Waals surface area contributed by atoms with Gasteiger partial charge < -0.3 is 5.32 Å². The molecule has 0 spiro atoms. The normalized spacial score (nSPS) is 18.0. The van der Waals surface area contributed by atoms with Crippen molar-refractivity contribution in [3.63, 3.8) is 0 Å². The summed E-state index contributed by atoms with van der Waals surface area (Å²) >= 11 is 0. The lowest BCUT2D eigenvalue weighted by molar-refractivity contribution is -0.115. The van der Waals surface area contributed by atoms with E-state index in [1.54, 1.807) is 36.4 Å². The average molecular weight is 372 g/mol. The first-order valence-electron chi connectivity index (χ1n) is 8.87. The molecule has 0 aromatic heterocycles. The topological polar surface area (TPSA) is 66.5 Å². The summed E-state index contributed by atoms with van der Waals surface area (Å²) in [4.78, 5) is 11.8. The molecule has 1 unspecified atom stereocenters. The zero-order valence-corrected chi connectivity index (χ0v) is 15.9. The van der Waals surface area contributed by atoms with Gasteiger partial charge >= 0.3 is 0 Å². The molecule has 1 heterocycles. The number of sulfonamides is 1. The first-order chi connectivity index (χ1) is 12.4. The van der Waals surface area contributed by atoms with E-state index >= 15 is 0 Å². The molecule has 5 nitrogen and oxygen atoms in total. The van der Waals surface area contributed by atoms with Crippen molar-refractivity contribution in [1.29, 1.82) is 0 Å². The van der Waals surface area contributed by atoms with Crippen molar-refractivity contribution in [2.24, 2.45) is 0 Å². The number of hydrogen-bond donors (Lipinski definition) is 1. The number of nitrogens with one attached hydrogen (secondary N) is 1. The molecule has 1 N–H and O–H groups in total. The van der Waals surface area contributed by atoms with Crippen LogP contribution in [0.2, 0.25) is 0 Å². The van der Waals surface area contributed by atoms with E-state index in [9.17, 15) is 13.2 Å². The van der Waals surface area contributed by atoms with E-state index in [4.69, 9.17) is 0 Å². The molecular formula is C20H24N2O3S. The van der Waals surface area contributed by atoms with E-state index in [0.717, 1.165) is 6.42 Å². The molecule has 6 heteroatoms. The van der Waals surface area contributed by atoms with Crippen molar-refractivity contribution in [3.05, 3.63) is 59.7 Å². The summed E-state index contributed by atoms with van der Waals surface area (Å²) in [7, 11) is -3.54. The van der Waals surface area contributed by atoms with Crippen molar-refractivity contribution < 1.29 is 13.2 Å². The molecule has 26 heavy (non-hydrogen) atoms. The van der Waals surface area contributed by atoms with Crippen molar-refractivity contribution in [2.75, 3.05) is 18.4 Å². The average Bonchev–Trinajstić information content (AvgIpc) is 3.13. The zero-order chi connectivity index (χ0) is 18.7. The van der Waals surface area contributed by atoms with Crippen LogP contribution in [0, 0.1) is 6.92 Å². The Labute approximate surface area is 155 Å². The predicted molar refractivity (Wildman–Crippen MR) is 103 cm³/mol. The van der Waals surface area contributed by atoms with Crippen molar-refractivity contribution in [1.82, 2.24) is 4.31 Å². The summed E-state index contributed by atoms with van der Waals surface area (Å²) in [5.41, 5.74) is 2.44. The van der Waals surface area contributed by atoms with Crippen LogP contribution in [-0.2, 0) is 14.8 Å². The van der Waals surface area contributed by atoms with Crippen LogP contribution in [0.1, 0.15) is 36.8 Å². The summed E-state index contributed by atoms with van der Waals surface area (Å²) < 4.78 is 27.7. The molecule has 1 atom stereocenters. The van der Waals surface area contributed by atoms with Crippen molar-refractivity contribution >= 4 is 21.6 Å². The fourth-order valence-corrected chi connectivity index (χ4v) is 5.05. The Bertz CT molecular complexity index is 895. The molecule has 1 fully saturated rings. The van der Waals surface area contributed by atoms with Gasteiger partial charge in [0.05, 0.1) is 4.90 Å². The Morgan fingerprint density at radius 1 is 1.19 bits per heavy atom. The second-order valence-corrected chi connectivity index (χ2v) is 8.55. The predicted octanol–water partition coefficient (Wildman–Crippen LogP) is 3.52. The maximum Gasteiger partial charge on any atom is 0.243 e. The third-order valence-electron chi connectivity index (χ3n) is 4.82. The van der Waals surface area contributed by atoms with Gasteiger partial charge in [0.25, 0.3) is 0 Å². The van der Waals surface area contributed by atoms with Gasteiger partial charge in [0, 0.05) is 25.2 Å². The molecule has 1 saturated heterocycles. The molecule has 0 radical (unpaired) electrons. The number of anilines is 1. The van der Waals surface area contributed by atoms with Gasteiger partial charge in [0.2, 0.25) is 15.9 Å². The van der Waals surface area contributed by atoms with Gasteiger partial charge in [-0.2, -0.15) is 4.31 Å². The maximum absolute atomic E-state index is 13.1. The molecule has 3 rings (SSSR count). The van der Waals surface area contributed by atoms with E-state index in [0.29, 0.717) is 35.7 Å². The minimum atomic E-state index is -3.54. The maximum atomic E-state index is 13.1. The highest BCUT2D eigenvalue weighted by Gasteiger charge is 2.33. The van der Waals surface area contributed by atoms with Crippen LogP contribution in [0.15, 0.2) is 53.4 Å². The number of nitrogens with zero attached hydrogens (tertiary/aromatic N) is 1. The fourth-order valence-electron chi connectivity index (χ4n) is 3.35.